The number of hydrogen-bond donors (Lipinski definition) is 1. The van der Waals surface area contributed by atoms with Crippen LogP contribution >= 0.6 is 24.0 Å². The van der Waals surface area contributed by atoms with Crippen LogP contribution in [0.25, 0.3) is 0 Å². The van der Waals surface area contributed by atoms with E-state index in [1.807, 2.05) is 30.3 Å². The second-order valence-electron chi connectivity index (χ2n) is 3.95. The van der Waals surface area contributed by atoms with Gasteiger partial charge >= 0.3 is 0 Å². The maximum absolute atomic E-state index is 13.3. The van der Waals surface area contributed by atoms with Gasteiger partial charge in [-0.2, -0.15) is 5.10 Å². The van der Waals surface area contributed by atoms with E-state index < -0.39 is 0 Å². The first-order valence-electron chi connectivity index (χ1n) is 6.00. The Morgan fingerprint density at radius 3 is 2.60 bits per heavy atom. The Bertz CT molecular complexity index is 600. The zero-order chi connectivity index (χ0) is 14.2. The molecule has 5 heteroatoms. The smallest absolute Gasteiger partial charge is 0.154 e. The summed E-state index contributed by atoms with van der Waals surface area (Å²) in [5, 5.41) is 3.94. The minimum absolute atomic E-state index is 0.305. The number of nitrogens with zero attached hydrogens (tertiary/aromatic N) is 1. The molecule has 1 N–H and O–H groups in total. The summed E-state index contributed by atoms with van der Waals surface area (Å²) in [6.45, 7) is 0. The molecule has 0 aliphatic heterocycles. The molecule has 0 saturated carbocycles. The van der Waals surface area contributed by atoms with Crippen LogP contribution in [0.4, 0.5) is 4.39 Å². The van der Waals surface area contributed by atoms with Gasteiger partial charge in [-0.05, 0) is 11.6 Å². The average molecular weight is 304 g/mol. The number of thiocarbonyl (C=S) groups is 1. The van der Waals surface area contributed by atoms with Crippen molar-refractivity contribution in [2.24, 2.45) is 5.10 Å². The van der Waals surface area contributed by atoms with Gasteiger partial charge in [0.2, 0.25) is 0 Å². The van der Waals surface area contributed by atoms with Crippen molar-refractivity contribution in [2.45, 2.75) is 5.75 Å². The van der Waals surface area contributed by atoms with E-state index in [4.69, 9.17) is 12.2 Å². The SMILES string of the molecule is Fc1ccccc1C=NNC(=S)SCc1ccccc1. The molecular formula is C15H13FN2S2. The van der Waals surface area contributed by atoms with Gasteiger partial charge in [0.25, 0.3) is 0 Å². The van der Waals surface area contributed by atoms with Gasteiger partial charge < -0.3 is 0 Å². The van der Waals surface area contributed by atoms with Gasteiger partial charge in [0.15, 0.2) is 4.32 Å². The van der Waals surface area contributed by atoms with E-state index in [1.165, 1.54) is 29.6 Å². The molecule has 0 bridgehead atoms. The van der Waals surface area contributed by atoms with Gasteiger partial charge in [-0.3, -0.25) is 5.43 Å². The third-order valence-corrected chi connectivity index (χ3v) is 3.75. The van der Waals surface area contributed by atoms with Crippen LogP contribution in [0.5, 0.6) is 0 Å². The number of hydrazone groups is 1. The van der Waals surface area contributed by atoms with Crippen molar-refractivity contribution >= 4 is 34.5 Å². The minimum atomic E-state index is -0.305. The summed E-state index contributed by atoms with van der Waals surface area (Å²) in [4.78, 5) is 0. The Balaban J connectivity index is 1.79. The summed E-state index contributed by atoms with van der Waals surface area (Å²) in [6.07, 6.45) is 1.42. The van der Waals surface area contributed by atoms with Crippen molar-refractivity contribution < 1.29 is 4.39 Å². The summed E-state index contributed by atoms with van der Waals surface area (Å²) >= 11 is 6.63. The third-order valence-electron chi connectivity index (χ3n) is 2.48. The molecule has 0 aliphatic carbocycles. The van der Waals surface area contributed by atoms with E-state index >= 15 is 0 Å². The first-order chi connectivity index (χ1) is 9.75. The van der Waals surface area contributed by atoms with Crippen LogP contribution in [0, 0.1) is 5.82 Å². The molecule has 0 radical (unpaired) electrons. The van der Waals surface area contributed by atoms with Crippen molar-refractivity contribution in [3.63, 3.8) is 0 Å². The summed E-state index contributed by atoms with van der Waals surface area (Å²) in [5.74, 6) is 0.475. The molecule has 0 fully saturated rings. The number of hydrogen-bond acceptors (Lipinski definition) is 3. The Kier molecular flexibility index (Phi) is 5.70. The lowest BCUT2D eigenvalue weighted by atomic mass is 10.2. The van der Waals surface area contributed by atoms with E-state index in [1.54, 1.807) is 18.2 Å². The van der Waals surface area contributed by atoms with Crippen LogP contribution in [-0.4, -0.2) is 10.5 Å². The van der Waals surface area contributed by atoms with Gasteiger partial charge in [-0.1, -0.05) is 72.5 Å². The van der Waals surface area contributed by atoms with E-state index in [9.17, 15) is 4.39 Å². The lowest BCUT2D eigenvalue weighted by Gasteiger charge is -2.02. The first kappa shape index (κ1) is 14.7. The highest BCUT2D eigenvalue weighted by Crippen LogP contribution is 2.12. The Hall–Kier alpha value is -1.72. The summed E-state index contributed by atoms with van der Waals surface area (Å²) in [6, 6.07) is 16.5. The van der Waals surface area contributed by atoms with E-state index in [0.29, 0.717) is 9.88 Å². The van der Waals surface area contributed by atoms with Gasteiger partial charge in [-0.15, -0.1) is 0 Å². The fraction of sp³-hybridized carbons (Fsp3) is 0.0667. The zero-order valence-electron chi connectivity index (χ0n) is 10.6. The number of nitrogens with one attached hydrogen (secondary N) is 1. The molecule has 0 heterocycles. The Morgan fingerprint density at radius 1 is 1.15 bits per heavy atom. The van der Waals surface area contributed by atoms with E-state index in [0.717, 1.165) is 5.75 Å². The van der Waals surface area contributed by atoms with E-state index in [2.05, 4.69) is 10.5 Å². The lowest BCUT2D eigenvalue weighted by Crippen LogP contribution is -2.11. The second kappa shape index (κ2) is 7.77. The largest absolute Gasteiger partial charge is 0.262 e. The van der Waals surface area contributed by atoms with Crippen LogP contribution < -0.4 is 5.43 Å². The van der Waals surface area contributed by atoms with Crippen LogP contribution in [0.2, 0.25) is 0 Å². The number of rotatable bonds is 4. The van der Waals surface area contributed by atoms with Gasteiger partial charge in [0.05, 0.1) is 6.21 Å². The number of halogens is 1. The molecule has 2 rings (SSSR count). The monoisotopic (exact) mass is 304 g/mol. The highest BCUT2D eigenvalue weighted by atomic mass is 32.2. The molecule has 2 aromatic rings. The predicted molar refractivity (Wildman–Crippen MR) is 87.5 cm³/mol. The Labute approximate surface area is 127 Å². The van der Waals surface area contributed by atoms with Crippen LogP contribution in [0.1, 0.15) is 11.1 Å². The first-order valence-corrected chi connectivity index (χ1v) is 7.39. The van der Waals surface area contributed by atoms with Crippen molar-refractivity contribution in [3.05, 3.63) is 71.5 Å². The molecule has 102 valence electrons. The molecule has 0 saturated heterocycles. The highest BCUT2D eigenvalue weighted by molar-refractivity contribution is 8.22. The summed E-state index contributed by atoms with van der Waals surface area (Å²) < 4.78 is 13.9. The molecule has 0 unspecified atom stereocenters. The van der Waals surface area contributed by atoms with Crippen LogP contribution in [0.15, 0.2) is 59.7 Å². The second-order valence-corrected chi connectivity index (χ2v) is 5.61. The maximum Gasteiger partial charge on any atom is 0.154 e. The van der Waals surface area contributed by atoms with Gasteiger partial charge in [0.1, 0.15) is 5.82 Å². The topological polar surface area (TPSA) is 24.4 Å². The number of thioether (sulfide) groups is 1. The Morgan fingerprint density at radius 2 is 1.85 bits per heavy atom. The van der Waals surface area contributed by atoms with Crippen molar-refractivity contribution in [1.29, 1.82) is 0 Å². The zero-order valence-corrected chi connectivity index (χ0v) is 12.3. The van der Waals surface area contributed by atoms with Crippen molar-refractivity contribution in [3.8, 4) is 0 Å². The quantitative estimate of drug-likeness (QED) is 0.525. The fourth-order valence-corrected chi connectivity index (χ4v) is 2.33. The minimum Gasteiger partial charge on any atom is -0.262 e. The van der Waals surface area contributed by atoms with Crippen LogP contribution in [0.3, 0.4) is 0 Å². The average Bonchev–Trinajstić information content (AvgIpc) is 2.48. The predicted octanol–water partition coefficient (Wildman–Crippen LogP) is 3.97. The lowest BCUT2D eigenvalue weighted by molar-refractivity contribution is 0.626. The van der Waals surface area contributed by atoms with Crippen molar-refractivity contribution in [2.75, 3.05) is 0 Å². The van der Waals surface area contributed by atoms with E-state index in [-0.39, 0.29) is 5.82 Å². The van der Waals surface area contributed by atoms with Crippen molar-refractivity contribution in [1.82, 2.24) is 5.43 Å². The highest BCUT2D eigenvalue weighted by Gasteiger charge is 1.98. The molecule has 0 atom stereocenters. The standard InChI is InChI=1S/C15H13FN2S2/c16-14-9-5-4-8-13(14)10-17-18-15(19)20-11-12-6-2-1-3-7-12/h1-10H,11H2,(H,18,19). The molecule has 0 spiro atoms. The normalized spacial score (nSPS) is 10.7. The molecule has 2 aromatic carbocycles. The van der Waals surface area contributed by atoms with Crippen LogP contribution in [-0.2, 0) is 5.75 Å². The summed E-state index contributed by atoms with van der Waals surface area (Å²) in [5.41, 5.74) is 4.35. The van der Waals surface area contributed by atoms with Gasteiger partial charge in [-0.25, -0.2) is 4.39 Å². The molecule has 0 aliphatic rings. The molecule has 0 amide bonds. The fourth-order valence-electron chi connectivity index (χ4n) is 1.49. The third kappa shape index (κ3) is 4.75. The van der Waals surface area contributed by atoms with Gasteiger partial charge in [0, 0.05) is 11.3 Å². The number of benzene rings is 2. The molecule has 2 nitrogen and oxygen atoms in total. The molecule has 20 heavy (non-hydrogen) atoms. The molecular weight excluding hydrogens is 291 g/mol. The summed E-state index contributed by atoms with van der Waals surface area (Å²) in [7, 11) is 0. The maximum atomic E-state index is 13.3. The molecule has 0 aromatic heterocycles.